The van der Waals surface area contributed by atoms with Gasteiger partial charge in [-0.15, -0.1) is 0 Å². The normalized spacial score (nSPS) is 14.9. The lowest BCUT2D eigenvalue weighted by molar-refractivity contribution is 0.400. The van der Waals surface area contributed by atoms with E-state index in [1.54, 1.807) is 43.6 Å². The van der Waals surface area contributed by atoms with Crippen molar-refractivity contribution in [3.63, 3.8) is 0 Å². The number of benzene rings is 2. The van der Waals surface area contributed by atoms with Crippen molar-refractivity contribution < 1.29 is 13.2 Å². The van der Waals surface area contributed by atoms with Crippen LogP contribution in [0.5, 0.6) is 5.75 Å². The molecule has 1 N–H and O–H groups in total. The van der Waals surface area contributed by atoms with E-state index < -0.39 is 10.0 Å². The number of anilines is 1. The van der Waals surface area contributed by atoms with E-state index in [1.165, 1.54) is 3.97 Å². The molecule has 1 fully saturated rings. The molecule has 33 heavy (non-hydrogen) atoms. The molecule has 0 spiro atoms. The Labute approximate surface area is 200 Å². The molecule has 0 radical (unpaired) electrons. The summed E-state index contributed by atoms with van der Waals surface area (Å²) in [6.07, 6.45) is 3.45. The van der Waals surface area contributed by atoms with Crippen molar-refractivity contribution >= 4 is 38.2 Å². The van der Waals surface area contributed by atoms with Crippen molar-refractivity contribution in [1.29, 1.82) is 0 Å². The fourth-order valence-electron chi connectivity index (χ4n) is 4.32. The van der Waals surface area contributed by atoms with Crippen LogP contribution in [0.25, 0.3) is 10.9 Å². The topological polar surface area (TPSA) is 66.8 Å². The van der Waals surface area contributed by atoms with Crippen LogP contribution in [-0.2, 0) is 16.4 Å². The number of halogens is 1. The standard InChI is InChI=1S/C24H31ClN4O3S/c1-27(2)12-4-5-18-17-29(22-8-6-19(25)15-21(18)22)33(30,31)20-7-9-24(32-3)23(16-20)28-13-10-26-11-14-28/h6-9,15-17,26H,4-5,10-14H2,1-3H3. The summed E-state index contributed by atoms with van der Waals surface area (Å²) in [6, 6.07) is 10.5. The van der Waals surface area contributed by atoms with Gasteiger partial charge in [-0.25, -0.2) is 12.4 Å². The Kier molecular flexibility index (Phi) is 7.19. The first-order valence-electron chi connectivity index (χ1n) is 11.1. The Morgan fingerprint density at radius 3 is 2.58 bits per heavy atom. The van der Waals surface area contributed by atoms with Gasteiger partial charge in [-0.05, 0) is 75.4 Å². The summed E-state index contributed by atoms with van der Waals surface area (Å²) < 4.78 is 34.6. The van der Waals surface area contributed by atoms with Crippen molar-refractivity contribution in [2.75, 3.05) is 58.8 Å². The third-order valence-corrected chi connectivity index (χ3v) is 7.94. The number of nitrogens with one attached hydrogen (secondary N) is 1. The van der Waals surface area contributed by atoms with Gasteiger partial charge in [0, 0.05) is 42.8 Å². The van der Waals surface area contributed by atoms with E-state index in [1.807, 2.05) is 20.2 Å². The van der Waals surface area contributed by atoms with E-state index in [-0.39, 0.29) is 4.90 Å². The van der Waals surface area contributed by atoms with Gasteiger partial charge < -0.3 is 19.9 Å². The fraction of sp³-hybridized carbons (Fsp3) is 0.417. The summed E-state index contributed by atoms with van der Waals surface area (Å²) in [5.74, 6) is 0.671. The Hall–Kier alpha value is -2.26. The summed E-state index contributed by atoms with van der Waals surface area (Å²) in [7, 11) is 1.85. The zero-order valence-corrected chi connectivity index (χ0v) is 20.9. The Morgan fingerprint density at radius 2 is 1.88 bits per heavy atom. The largest absolute Gasteiger partial charge is 0.495 e. The molecule has 178 valence electrons. The summed E-state index contributed by atoms with van der Waals surface area (Å²) in [4.78, 5) is 4.52. The molecule has 0 bridgehead atoms. The Bertz CT molecular complexity index is 1230. The molecule has 7 nitrogen and oxygen atoms in total. The predicted octanol–water partition coefficient (Wildman–Crippen LogP) is 3.44. The van der Waals surface area contributed by atoms with E-state index in [2.05, 4.69) is 15.1 Å². The van der Waals surface area contributed by atoms with Crippen LogP contribution in [0.3, 0.4) is 0 Å². The molecule has 1 aliphatic heterocycles. The van der Waals surface area contributed by atoms with Crippen molar-refractivity contribution in [3.05, 3.63) is 53.2 Å². The van der Waals surface area contributed by atoms with Gasteiger partial charge in [-0.3, -0.25) is 0 Å². The van der Waals surface area contributed by atoms with Crippen molar-refractivity contribution in [2.24, 2.45) is 0 Å². The molecule has 9 heteroatoms. The minimum atomic E-state index is -3.82. The van der Waals surface area contributed by atoms with E-state index in [0.29, 0.717) is 16.3 Å². The number of nitrogens with zero attached hydrogens (tertiary/aromatic N) is 3. The summed E-state index contributed by atoms with van der Waals surface area (Å²) in [5, 5.41) is 4.80. The Balaban J connectivity index is 1.77. The smallest absolute Gasteiger partial charge is 0.268 e. The zero-order valence-electron chi connectivity index (χ0n) is 19.3. The molecule has 0 aliphatic carbocycles. The molecule has 1 saturated heterocycles. The molecule has 0 atom stereocenters. The van der Waals surface area contributed by atoms with Crippen LogP contribution >= 0.6 is 11.6 Å². The number of rotatable bonds is 8. The van der Waals surface area contributed by atoms with Crippen molar-refractivity contribution in [2.45, 2.75) is 17.7 Å². The van der Waals surface area contributed by atoms with E-state index in [0.717, 1.165) is 62.2 Å². The molecule has 2 heterocycles. The van der Waals surface area contributed by atoms with Gasteiger partial charge in [-0.2, -0.15) is 0 Å². The molecular formula is C24H31ClN4O3S. The van der Waals surface area contributed by atoms with Crippen LogP contribution in [0, 0.1) is 0 Å². The summed E-state index contributed by atoms with van der Waals surface area (Å²) >= 11 is 6.26. The maximum atomic E-state index is 13.8. The number of hydrogen-bond donors (Lipinski definition) is 1. The number of piperazine rings is 1. The summed E-state index contributed by atoms with van der Waals surface area (Å²) in [6.45, 7) is 4.20. The second-order valence-corrected chi connectivity index (χ2v) is 10.8. The molecule has 1 aliphatic rings. The molecule has 4 rings (SSSR count). The molecule has 2 aromatic carbocycles. The maximum Gasteiger partial charge on any atom is 0.268 e. The van der Waals surface area contributed by atoms with Gasteiger partial charge in [-0.1, -0.05) is 11.6 Å². The average Bonchev–Trinajstić information content (AvgIpc) is 3.17. The van der Waals surface area contributed by atoms with Crippen molar-refractivity contribution in [1.82, 2.24) is 14.2 Å². The highest BCUT2D eigenvalue weighted by molar-refractivity contribution is 7.90. The van der Waals surface area contributed by atoms with E-state index in [4.69, 9.17) is 16.3 Å². The highest BCUT2D eigenvalue weighted by atomic mass is 35.5. The van der Waals surface area contributed by atoms with Gasteiger partial charge in [0.25, 0.3) is 10.0 Å². The van der Waals surface area contributed by atoms with Crippen LogP contribution in [0.1, 0.15) is 12.0 Å². The molecule has 0 amide bonds. The van der Waals surface area contributed by atoms with Crippen LogP contribution in [-0.4, -0.2) is 71.2 Å². The third-order valence-electron chi connectivity index (χ3n) is 6.03. The van der Waals surface area contributed by atoms with Crippen LogP contribution in [0.4, 0.5) is 5.69 Å². The third kappa shape index (κ3) is 4.99. The second kappa shape index (κ2) is 9.93. The predicted molar refractivity (Wildman–Crippen MR) is 134 cm³/mol. The minimum absolute atomic E-state index is 0.239. The summed E-state index contributed by atoms with van der Waals surface area (Å²) in [5.41, 5.74) is 2.42. The fourth-order valence-corrected chi connectivity index (χ4v) is 5.90. The average molecular weight is 491 g/mol. The minimum Gasteiger partial charge on any atom is -0.495 e. The van der Waals surface area contributed by atoms with Gasteiger partial charge in [0.15, 0.2) is 0 Å². The van der Waals surface area contributed by atoms with Crippen molar-refractivity contribution in [3.8, 4) is 5.75 Å². The van der Waals surface area contributed by atoms with E-state index in [9.17, 15) is 8.42 Å². The number of methoxy groups -OCH3 is 1. The quantitative estimate of drug-likeness (QED) is 0.521. The zero-order chi connectivity index (χ0) is 23.6. The number of aromatic nitrogens is 1. The molecule has 3 aromatic rings. The first-order chi connectivity index (χ1) is 15.8. The molecule has 0 saturated carbocycles. The first kappa shape index (κ1) is 23.9. The molecule has 0 unspecified atom stereocenters. The number of hydrogen-bond acceptors (Lipinski definition) is 6. The lowest BCUT2D eigenvalue weighted by atomic mass is 10.1. The highest BCUT2D eigenvalue weighted by Gasteiger charge is 2.24. The monoisotopic (exact) mass is 490 g/mol. The lowest BCUT2D eigenvalue weighted by Crippen LogP contribution is -2.43. The maximum absolute atomic E-state index is 13.8. The van der Waals surface area contributed by atoms with E-state index >= 15 is 0 Å². The lowest BCUT2D eigenvalue weighted by Gasteiger charge is -2.30. The number of aryl methyl sites for hydroxylation is 1. The molecule has 1 aromatic heterocycles. The van der Waals surface area contributed by atoms with Gasteiger partial charge in [0.1, 0.15) is 5.75 Å². The Morgan fingerprint density at radius 1 is 1.12 bits per heavy atom. The van der Waals surface area contributed by atoms with Crippen LogP contribution in [0.15, 0.2) is 47.5 Å². The first-order valence-corrected chi connectivity index (χ1v) is 13.0. The van der Waals surface area contributed by atoms with Gasteiger partial charge in [0.2, 0.25) is 0 Å². The van der Waals surface area contributed by atoms with Crippen LogP contribution in [0.2, 0.25) is 5.02 Å². The molecular weight excluding hydrogens is 460 g/mol. The number of ether oxygens (including phenoxy) is 1. The van der Waals surface area contributed by atoms with Gasteiger partial charge in [0.05, 0.1) is 23.2 Å². The highest BCUT2D eigenvalue weighted by Crippen LogP contribution is 2.34. The van der Waals surface area contributed by atoms with Crippen LogP contribution < -0.4 is 15.0 Å². The number of fused-ring (bicyclic) bond motifs is 1. The SMILES string of the molecule is COc1ccc(S(=O)(=O)n2cc(CCCN(C)C)c3cc(Cl)ccc32)cc1N1CCNCC1. The second-order valence-electron chi connectivity index (χ2n) is 8.59. The van der Waals surface area contributed by atoms with Gasteiger partial charge >= 0.3 is 0 Å².